The molecule has 2 rings (SSSR count). The fraction of sp³-hybridized carbons (Fsp3) is 0.200. The molecule has 2 aromatic rings. The summed E-state index contributed by atoms with van der Waals surface area (Å²) in [5, 5.41) is 5.43. The predicted molar refractivity (Wildman–Crippen MR) is 92.3 cm³/mol. The van der Waals surface area contributed by atoms with Crippen LogP contribution in [0.2, 0.25) is 15.1 Å². The Balaban J connectivity index is 2.31. The molecular formula is C15H13BrCl3N. The summed E-state index contributed by atoms with van der Waals surface area (Å²) in [5.74, 6) is 0. The molecule has 0 spiro atoms. The summed E-state index contributed by atoms with van der Waals surface area (Å²) in [7, 11) is 0. The van der Waals surface area contributed by atoms with E-state index < -0.39 is 0 Å². The van der Waals surface area contributed by atoms with Gasteiger partial charge in [0.1, 0.15) is 0 Å². The Kier molecular flexibility index (Phi) is 5.62. The van der Waals surface area contributed by atoms with E-state index in [1.54, 1.807) is 6.07 Å². The van der Waals surface area contributed by atoms with Crippen LogP contribution < -0.4 is 5.32 Å². The summed E-state index contributed by atoms with van der Waals surface area (Å²) in [5.41, 5.74) is 1.96. The van der Waals surface area contributed by atoms with Gasteiger partial charge in [0.2, 0.25) is 0 Å². The van der Waals surface area contributed by atoms with Crippen molar-refractivity contribution in [3.8, 4) is 0 Å². The zero-order valence-corrected chi connectivity index (χ0v) is 14.6. The third-order valence-corrected chi connectivity index (χ3v) is 4.99. The Hall–Kier alpha value is -0.410. The smallest absolute Gasteiger partial charge is 0.0593 e. The largest absolute Gasteiger partial charge is 0.377 e. The molecule has 0 bridgehead atoms. The van der Waals surface area contributed by atoms with Crippen molar-refractivity contribution < 1.29 is 0 Å². The van der Waals surface area contributed by atoms with Crippen molar-refractivity contribution in [2.24, 2.45) is 0 Å². The Morgan fingerprint density at radius 3 is 2.50 bits per heavy atom. The molecule has 106 valence electrons. The molecular weight excluding hydrogens is 380 g/mol. The van der Waals surface area contributed by atoms with Crippen molar-refractivity contribution in [2.75, 3.05) is 5.32 Å². The summed E-state index contributed by atoms with van der Waals surface area (Å²) < 4.78 is 0.852. The summed E-state index contributed by atoms with van der Waals surface area (Å²) in [6.45, 7) is 2.10. The second kappa shape index (κ2) is 7.04. The topological polar surface area (TPSA) is 12.0 Å². The highest BCUT2D eigenvalue weighted by Crippen LogP contribution is 2.35. The van der Waals surface area contributed by atoms with E-state index in [0.29, 0.717) is 15.1 Å². The quantitative estimate of drug-likeness (QED) is 0.591. The SMILES string of the molecule is CCC(Nc1cccc(Cl)c1Br)c1ccc(Cl)cc1Cl. The van der Waals surface area contributed by atoms with E-state index in [1.165, 1.54) is 0 Å². The van der Waals surface area contributed by atoms with Crippen LogP contribution in [0.15, 0.2) is 40.9 Å². The van der Waals surface area contributed by atoms with Crippen LogP contribution in [0.4, 0.5) is 5.69 Å². The van der Waals surface area contributed by atoms with E-state index in [-0.39, 0.29) is 6.04 Å². The average molecular weight is 394 g/mol. The fourth-order valence-corrected chi connectivity index (χ4v) is 3.08. The third kappa shape index (κ3) is 3.62. The monoisotopic (exact) mass is 391 g/mol. The van der Waals surface area contributed by atoms with Gasteiger partial charge in [-0.3, -0.25) is 0 Å². The molecule has 1 nitrogen and oxygen atoms in total. The van der Waals surface area contributed by atoms with Gasteiger partial charge >= 0.3 is 0 Å². The van der Waals surface area contributed by atoms with Crippen LogP contribution in [-0.2, 0) is 0 Å². The second-order valence-electron chi connectivity index (χ2n) is 4.37. The molecule has 0 aromatic heterocycles. The van der Waals surface area contributed by atoms with Gasteiger partial charge in [-0.15, -0.1) is 0 Å². The van der Waals surface area contributed by atoms with Crippen LogP contribution in [-0.4, -0.2) is 0 Å². The van der Waals surface area contributed by atoms with Gasteiger partial charge in [-0.2, -0.15) is 0 Å². The van der Waals surface area contributed by atoms with Crippen LogP contribution in [0.5, 0.6) is 0 Å². The highest BCUT2D eigenvalue weighted by atomic mass is 79.9. The zero-order chi connectivity index (χ0) is 14.7. The van der Waals surface area contributed by atoms with E-state index in [4.69, 9.17) is 34.8 Å². The first-order valence-electron chi connectivity index (χ1n) is 6.18. The summed E-state index contributed by atoms with van der Waals surface area (Å²) in [6, 6.07) is 11.4. The molecule has 0 aliphatic heterocycles. The van der Waals surface area contributed by atoms with Gasteiger partial charge in [-0.05, 0) is 52.2 Å². The van der Waals surface area contributed by atoms with Gasteiger partial charge < -0.3 is 5.32 Å². The number of halogens is 4. The fourth-order valence-electron chi connectivity index (χ4n) is 1.99. The number of nitrogens with one attached hydrogen (secondary N) is 1. The van der Waals surface area contributed by atoms with E-state index >= 15 is 0 Å². The van der Waals surface area contributed by atoms with E-state index in [2.05, 4.69) is 28.2 Å². The summed E-state index contributed by atoms with van der Waals surface area (Å²) in [4.78, 5) is 0. The Morgan fingerprint density at radius 2 is 1.85 bits per heavy atom. The third-order valence-electron chi connectivity index (χ3n) is 3.03. The molecule has 0 aliphatic carbocycles. The van der Waals surface area contributed by atoms with Crippen molar-refractivity contribution in [3.63, 3.8) is 0 Å². The number of hydrogen-bond acceptors (Lipinski definition) is 1. The molecule has 1 N–H and O–H groups in total. The first-order valence-corrected chi connectivity index (χ1v) is 8.11. The minimum Gasteiger partial charge on any atom is -0.377 e. The number of anilines is 1. The maximum atomic E-state index is 6.28. The van der Waals surface area contributed by atoms with Gasteiger partial charge in [0, 0.05) is 10.0 Å². The lowest BCUT2D eigenvalue weighted by Gasteiger charge is -2.21. The van der Waals surface area contributed by atoms with Crippen LogP contribution in [0.1, 0.15) is 24.9 Å². The molecule has 0 amide bonds. The number of hydrogen-bond donors (Lipinski definition) is 1. The standard InChI is InChI=1S/C15H13BrCl3N/c1-2-13(10-7-6-9(17)8-12(10)19)20-14-5-3-4-11(18)15(14)16/h3-8,13,20H,2H2,1H3. The molecule has 0 fully saturated rings. The normalized spacial score (nSPS) is 12.2. The first-order chi connectivity index (χ1) is 9.52. The van der Waals surface area contributed by atoms with E-state index in [0.717, 1.165) is 22.1 Å². The lowest BCUT2D eigenvalue weighted by molar-refractivity contribution is 0.749. The maximum absolute atomic E-state index is 6.28. The summed E-state index contributed by atoms with van der Waals surface area (Å²) in [6.07, 6.45) is 0.889. The van der Waals surface area contributed by atoms with Crippen molar-refractivity contribution in [3.05, 3.63) is 61.5 Å². The highest BCUT2D eigenvalue weighted by molar-refractivity contribution is 9.10. The molecule has 20 heavy (non-hydrogen) atoms. The van der Waals surface area contributed by atoms with Gasteiger partial charge in [0.05, 0.1) is 21.2 Å². The first kappa shape index (κ1) is 16.0. The van der Waals surface area contributed by atoms with Crippen molar-refractivity contribution in [1.29, 1.82) is 0 Å². The van der Waals surface area contributed by atoms with E-state index in [9.17, 15) is 0 Å². The van der Waals surface area contributed by atoms with Crippen LogP contribution >= 0.6 is 50.7 Å². The van der Waals surface area contributed by atoms with Crippen molar-refractivity contribution in [2.45, 2.75) is 19.4 Å². The molecule has 0 saturated heterocycles. The van der Waals surface area contributed by atoms with Gasteiger partial charge in [0.25, 0.3) is 0 Å². The average Bonchev–Trinajstić information content (AvgIpc) is 2.41. The van der Waals surface area contributed by atoms with E-state index in [1.807, 2.05) is 30.3 Å². The molecule has 1 atom stereocenters. The number of benzene rings is 2. The van der Waals surface area contributed by atoms with Crippen molar-refractivity contribution >= 4 is 56.4 Å². The number of rotatable bonds is 4. The molecule has 0 aliphatic rings. The minimum absolute atomic E-state index is 0.0922. The molecule has 2 aromatic carbocycles. The van der Waals surface area contributed by atoms with Crippen LogP contribution in [0.3, 0.4) is 0 Å². The van der Waals surface area contributed by atoms with Crippen LogP contribution in [0, 0.1) is 0 Å². The molecule has 0 radical (unpaired) electrons. The lowest BCUT2D eigenvalue weighted by Crippen LogP contribution is -2.10. The summed E-state index contributed by atoms with van der Waals surface area (Å²) >= 11 is 21.8. The second-order valence-corrected chi connectivity index (χ2v) is 6.42. The van der Waals surface area contributed by atoms with Gasteiger partial charge in [-0.25, -0.2) is 0 Å². The highest BCUT2D eigenvalue weighted by Gasteiger charge is 2.15. The Morgan fingerprint density at radius 1 is 1.10 bits per heavy atom. The molecule has 1 unspecified atom stereocenters. The molecule has 5 heteroatoms. The minimum atomic E-state index is 0.0922. The van der Waals surface area contributed by atoms with Gasteiger partial charge in [0.15, 0.2) is 0 Å². The Bertz CT molecular complexity index is 616. The van der Waals surface area contributed by atoms with Gasteiger partial charge in [-0.1, -0.05) is 53.9 Å². The zero-order valence-electron chi connectivity index (χ0n) is 10.8. The maximum Gasteiger partial charge on any atom is 0.0593 e. The molecule has 0 heterocycles. The lowest BCUT2D eigenvalue weighted by atomic mass is 10.0. The van der Waals surface area contributed by atoms with Crippen LogP contribution in [0.25, 0.3) is 0 Å². The molecule has 0 saturated carbocycles. The Labute approximate surface area is 142 Å². The van der Waals surface area contributed by atoms with Crippen molar-refractivity contribution in [1.82, 2.24) is 0 Å². The predicted octanol–water partition coefficient (Wildman–Crippen LogP) is 6.97.